The summed E-state index contributed by atoms with van der Waals surface area (Å²) in [5, 5.41) is 0.241. The SMILES string of the molecule is CCc1cc(=O)[nH]c(-c2cccc(NS(=O)(=O)c3cc(Cl)cc(Br)c3OC)c2)n1. The average molecular weight is 499 g/mol. The van der Waals surface area contributed by atoms with Crippen LogP contribution in [-0.2, 0) is 16.4 Å². The molecule has 3 rings (SSSR count). The lowest BCUT2D eigenvalue weighted by molar-refractivity contribution is 0.400. The summed E-state index contributed by atoms with van der Waals surface area (Å²) in [6.07, 6.45) is 0.604. The first-order chi connectivity index (χ1) is 13.7. The quantitative estimate of drug-likeness (QED) is 0.530. The Morgan fingerprint density at radius 3 is 2.69 bits per heavy atom. The smallest absolute Gasteiger partial charge is 0.265 e. The molecule has 2 N–H and O–H groups in total. The lowest BCUT2D eigenvalue weighted by Crippen LogP contribution is -2.14. The monoisotopic (exact) mass is 497 g/mol. The number of halogens is 2. The third kappa shape index (κ3) is 4.80. The summed E-state index contributed by atoms with van der Waals surface area (Å²) in [7, 11) is -2.63. The Kier molecular flexibility index (Phi) is 6.30. The molecule has 0 unspecified atom stereocenters. The molecular formula is C19H17BrClN3O4S. The maximum Gasteiger partial charge on any atom is 0.265 e. The van der Waals surface area contributed by atoms with Gasteiger partial charge in [0.25, 0.3) is 15.6 Å². The molecule has 10 heteroatoms. The second kappa shape index (κ2) is 8.56. The van der Waals surface area contributed by atoms with E-state index in [-0.39, 0.29) is 21.2 Å². The minimum atomic E-state index is -4.00. The average Bonchev–Trinajstić information content (AvgIpc) is 2.66. The summed E-state index contributed by atoms with van der Waals surface area (Å²) in [6.45, 7) is 1.90. The van der Waals surface area contributed by atoms with Crippen LogP contribution in [0.2, 0.25) is 5.02 Å². The van der Waals surface area contributed by atoms with Crippen molar-refractivity contribution in [3.8, 4) is 17.1 Å². The van der Waals surface area contributed by atoms with Gasteiger partial charge in [-0.25, -0.2) is 13.4 Å². The lowest BCUT2D eigenvalue weighted by atomic mass is 10.2. The molecule has 0 atom stereocenters. The van der Waals surface area contributed by atoms with Gasteiger partial charge in [-0.2, -0.15) is 0 Å². The Morgan fingerprint density at radius 1 is 1.24 bits per heavy atom. The topological polar surface area (TPSA) is 101 Å². The van der Waals surface area contributed by atoms with Gasteiger partial charge in [0.05, 0.1) is 11.6 Å². The number of H-pyrrole nitrogens is 1. The number of ether oxygens (including phenoxy) is 1. The Bertz CT molecular complexity index is 1230. The van der Waals surface area contributed by atoms with Crippen LogP contribution in [0.15, 0.2) is 56.6 Å². The Labute approximate surface area is 181 Å². The highest BCUT2D eigenvalue weighted by Crippen LogP contribution is 2.36. The van der Waals surface area contributed by atoms with Crippen LogP contribution in [0.4, 0.5) is 5.69 Å². The van der Waals surface area contributed by atoms with Gasteiger partial charge in [-0.05, 0) is 46.6 Å². The molecule has 152 valence electrons. The van der Waals surface area contributed by atoms with Gasteiger partial charge < -0.3 is 9.72 Å². The summed E-state index contributed by atoms with van der Waals surface area (Å²) in [4.78, 5) is 18.8. The molecule has 0 bridgehead atoms. The van der Waals surface area contributed by atoms with E-state index in [9.17, 15) is 13.2 Å². The van der Waals surface area contributed by atoms with Gasteiger partial charge >= 0.3 is 0 Å². The van der Waals surface area contributed by atoms with E-state index in [1.54, 1.807) is 30.3 Å². The number of hydrogen-bond donors (Lipinski definition) is 2. The maximum absolute atomic E-state index is 12.9. The number of rotatable bonds is 6. The molecule has 0 saturated carbocycles. The van der Waals surface area contributed by atoms with E-state index in [4.69, 9.17) is 16.3 Å². The standard InChI is InChI=1S/C19H17BrClN3O4S/c1-3-13-10-17(25)23-19(22-13)11-5-4-6-14(7-11)24-29(26,27)16-9-12(21)8-15(20)18(16)28-2/h4-10,24H,3H2,1-2H3,(H,22,23,25). The molecule has 0 aliphatic carbocycles. The first-order valence-corrected chi connectivity index (χ1v) is 11.2. The predicted molar refractivity (Wildman–Crippen MR) is 116 cm³/mol. The van der Waals surface area contributed by atoms with Crippen LogP contribution in [0.25, 0.3) is 11.4 Å². The fourth-order valence-corrected chi connectivity index (χ4v) is 5.14. The predicted octanol–water partition coefficient (Wildman–Crippen LogP) is 4.22. The molecule has 1 heterocycles. The van der Waals surface area contributed by atoms with E-state index in [0.29, 0.717) is 33.7 Å². The molecule has 0 fully saturated rings. The number of aryl methyl sites for hydroxylation is 1. The molecule has 0 aliphatic rings. The van der Waals surface area contributed by atoms with Gasteiger partial charge in [-0.15, -0.1) is 0 Å². The van der Waals surface area contributed by atoms with Crippen LogP contribution in [0, 0.1) is 0 Å². The fourth-order valence-electron chi connectivity index (χ4n) is 2.70. The van der Waals surface area contributed by atoms with Crippen molar-refractivity contribution in [2.45, 2.75) is 18.2 Å². The number of benzene rings is 2. The molecule has 1 aromatic heterocycles. The third-order valence-corrected chi connectivity index (χ3v) is 6.21. The number of sulfonamides is 1. The van der Waals surface area contributed by atoms with Crippen molar-refractivity contribution < 1.29 is 13.2 Å². The molecule has 0 aliphatic heterocycles. The summed E-state index contributed by atoms with van der Waals surface area (Å²) < 4.78 is 34.0. The molecular weight excluding hydrogens is 482 g/mol. The van der Waals surface area contributed by atoms with Crippen LogP contribution >= 0.6 is 27.5 Å². The summed E-state index contributed by atoms with van der Waals surface area (Å²) in [6, 6.07) is 10.8. The van der Waals surface area contributed by atoms with Crippen LogP contribution < -0.4 is 15.0 Å². The molecule has 0 radical (unpaired) electrons. The van der Waals surface area contributed by atoms with Crippen molar-refractivity contribution in [1.29, 1.82) is 0 Å². The van der Waals surface area contributed by atoms with E-state index in [1.807, 2.05) is 6.92 Å². The molecule has 3 aromatic rings. The van der Waals surface area contributed by atoms with Crippen LogP contribution in [0.1, 0.15) is 12.6 Å². The highest BCUT2D eigenvalue weighted by atomic mass is 79.9. The Hall–Kier alpha value is -2.36. The maximum atomic E-state index is 12.9. The lowest BCUT2D eigenvalue weighted by Gasteiger charge is -2.14. The third-order valence-electron chi connectivity index (χ3n) is 4.01. The fraction of sp³-hybridized carbons (Fsp3) is 0.158. The molecule has 0 amide bonds. The zero-order chi connectivity index (χ0) is 21.2. The zero-order valence-corrected chi connectivity index (χ0v) is 18.7. The van der Waals surface area contributed by atoms with Crippen LogP contribution in [-0.4, -0.2) is 25.5 Å². The van der Waals surface area contributed by atoms with Crippen molar-refractivity contribution in [2.24, 2.45) is 0 Å². The summed E-state index contributed by atoms with van der Waals surface area (Å²) in [5.74, 6) is 0.498. The second-order valence-electron chi connectivity index (χ2n) is 6.04. The van der Waals surface area contributed by atoms with Gasteiger partial charge in [0, 0.05) is 28.0 Å². The van der Waals surface area contributed by atoms with Gasteiger partial charge in [0.1, 0.15) is 10.7 Å². The molecule has 7 nitrogen and oxygen atoms in total. The van der Waals surface area contributed by atoms with Gasteiger partial charge in [0.2, 0.25) is 0 Å². The van der Waals surface area contributed by atoms with Crippen molar-refractivity contribution in [3.05, 3.63) is 68.0 Å². The number of anilines is 1. The Morgan fingerprint density at radius 2 is 2.00 bits per heavy atom. The largest absolute Gasteiger partial charge is 0.494 e. The molecule has 0 saturated heterocycles. The minimum Gasteiger partial charge on any atom is -0.494 e. The molecule has 29 heavy (non-hydrogen) atoms. The second-order valence-corrected chi connectivity index (χ2v) is 8.99. The summed E-state index contributed by atoms with van der Waals surface area (Å²) >= 11 is 9.27. The van der Waals surface area contributed by atoms with E-state index >= 15 is 0 Å². The van der Waals surface area contributed by atoms with Crippen LogP contribution in [0.3, 0.4) is 0 Å². The minimum absolute atomic E-state index is 0.107. The van der Waals surface area contributed by atoms with Crippen molar-refractivity contribution in [3.63, 3.8) is 0 Å². The highest BCUT2D eigenvalue weighted by molar-refractivity contribution is 9.10. The normalized spacial score (nSPS) is 11.3. The number of methoxy groups -OCH3 is 1. The number of hydrogen-bond acceptors (Lipinski definition) is 5. The first-order valence-electron chi connectivity index (χ1n) is 8.50. The van der Waals surface area contributed by atoms with Gasteiger partial charge in [-0.1, -0.05) is 30.7 Å². The van der Waals surface area contributed by atoms with E-state index in [0.717, 1.165) is 0 Å². The molecule has 0 spiro atoms. The van der Waals surface area contributed by atoms with E-state index < -0.39 is 10.0 Å². The highest BCUT2D eigenvalue weighted by Gasteiger charge is 2.23. The van der Waals surface area contributed by atoms with Gasteiger partial charge in [-0.3, -0.25) is 9.52 Å². The van der Waals surface area contributed by atoms with Crippen molar-refractivity contribution >= 4 is 43.2 Å². The number of aromatic amines is 1. The van der Waals surface area contributed by atoms with Gasteiger partial charge in [0.15, 0.2) is 5.75 Å². The van der Waals surface area contributed by atoms with Crippen LogP contribution in [0.5, 0.6) is 5.75 Å². The number of nitrogens with one attached hydrogen (secondary N) is 2. The van der Waals surface area contributed by atoms with Crippen molar-refractivity contribution in [1.82, 2.24) is 9.97 Å². The van der Waals surface area contributed by atoms with E-state index in [2.05, 4.69) is 30.6 Å². The first kappa shape index (κ1) is 21.4. The Balaban J connectivity index is 2.01. The summed E-state index contributed by atoms with van der Waals surface area (Å²) in [5.41, 5.74) is 1.23. The zero-order valence-electron chi connectivity index (χ0n) is 15.5. The van der Waals surface area contributed by atoms with E-state index in [1.165, 1.54) is 19.2 Å². The molecule has 2 aromatic carbocycles. The number of aromatic nitrogens is 2. The number of nitrogens with zero attached hydrogens (tertiary/aromatic N) is 1. The van der Waals surface area contributed by atoms with Crippen molar-refractivity contribution in [2.75, 3.05) is 11.8 Å².